The zero-order chi connectivity index (χ0) is 14.5. The Morgan fingerprint density at radius 3 is 2.85 bits per heavy atom. The Morgan fingerprint density at radius 1 is 1.35 bits per heavy atom. The molecule has 0 spiro atoms. The standard InChI is InChI=1S/C17H27NO2/c1-4-14-6-5-10-18(11-9-14)13(2)15-7-8-16(19)17(12-15)20-3/h7-8,12-14,19H,4-6,9-11H2,1-3H3. The molecule has 0 aromatic heterocycles. The lowest BCUT2D eigenvalue weighted by Gasteiger charge is -2.28. The third-order valence-electron chi connectivity index (χ3n) is 4.69. The Balaban J connectivity index is 2.08. The van der Waals surface area contributed by atoms with Crippen molar-refractivity contribution >= 4 is 0 Å². The van der Waals surface area contributed by atoms with Crippen LogP contribution in [0.1, 0.15) is 51.1 Å². The molecule has 0 amide bonds. The summed E-state index contributed by atoms with van der Waals surface area (Å²) in [5, 5.41) is 9.70. The SMILES string of the molecule is CCC1CCCN(C(C)c2ccc(O)c(OC)c2)CC1. The molecule has 20 heavy (non-hydrogen) atoms. The molecule has 1 N–H and O–H groups in total. The summed E-state index contributed by atoms with van der Waals surface area (Å²) in [6.45, 7) is 6.89. The molecular weight excluding hydrogens is 250 g/mol. The fourth-order valence-electron chi connectivity index (χ4n) is 3.15. The fraction of sp³-hybridized carbons (Fsp3) is 0.647. The maximum absolute atomic E-state index is 9.70. The largest absolute Gasteiger partial charge is 0.504 e. The summed E-state index contributed by atoms with van der Waals surface area (Å²) < 4.78 is 5.21. The number of ether oxygens (including phenoxy) is 1. The predicted molar refractivity (Wildman–Crippen MR) is 82.3 cm³/mol. The van der Waals surface area contributed by atoms with Crippen molar-refractivity contribution in [2.24, 2.45) is 5.92 Å². The molecule has 112 valence electrons. The number of rotatable bonds is 4. The quantitative estimate of drug-likeness (QED) is 0.903. The summed E-state index contributed by atoms with van der Waals surface area (Å²) in [6.07, 6.45) is 5.25. The lowest BCUT2D eigenvalue weighted by molar-refractivity contribution is 0.215. The average molecular weight is 277 g/mol. The number of nitrogens with zero attached hydrogens (tertiary/aromatic N) is 1. The Hall–Kier alpha value is -1.22. The van der Waals surface area contributed by atoms with E-state index in [0.717, 1.165) is 5.92 Å². The fourth-order valence-corrected chi connectivity index (χ4v) is 3.15. The summed E-state index contributed by atoms with van der Waals surface area (Å²) in [7, 11) is 1.60. The van der Waals surface area contributed by atoms with E-state index in [1.807, 2.05) is 12.1 Å². The second-order valence-electron chi connectivity index (χ2n) is 5.85. The summed E-state index contributed by atoms with van der Waals surface area (Å²) in [5.74, 6) is 1.67. The minimum atomic E-state index is 0.213. The number of methoxy groups -OCH3 is 1. The molecule has 1 fully saturated rings. The van der Waals surface area contributed by atoms with Crippen LogP contribution >= 0.6 is 0 Å². The molecule has 1 aliphatic rings. The van der Waals surface area contributed by atoms with Gasteiger partial charge in [0, 0.05) is 6.04 Å². The lowest BCUT2D eigenvalue weighted by Crippen LogP contribution is -2.28. The summed E-state index contributed by atoms with van der Waals surface area (Å²) in [4.78, 5) is 2.56. The minimum Gasteiger partial charge on any atom is -0.504 e. The van der Waals surface area contributed by atoms with Gasteiger partial charge in [-0.15, -0.1) is 0 Å². The number of benzene rings is 1. The van der Waals surface area contributed by atoms with Crippen molar-refractivity contribution in [3.05, 3.63) is 23.8 Å². The number of phenols is 1. The smallest absolute Gasteiger partial charge is 0.160 e. The highest BCUT2D eigenvalue weighted by Crippen LogP contribution is 2.32. The van der Waals surface area contributed by atoms with Gasteiger partial charge in [0.2, 0.25) is 0 Å². The van der Waals surface area contributed by atoms with Gasteiger partial charge in [0.1, 0.15) is 0 Å². The molecule has 1 heterocycles. The highest BCUT2D eigenvalue weighted by atomic mass is 16.5. The molecule has 0 aliphatic carbocycles. The van der Waals surface area contributed by atoms with Crippen LogP contribution < -0.4 is 4.74 Å². The van der Waals surface area contributed by atoms with Gasteiger partial charge in [0.15, 0.2) is 11.5 Å². The number of hydrogen-bond acceptors (Lipinski definition) is 3. The van der Waals surface area contributed by atoms with Gasteiger partial charge in [-0.2, -0.15) is 0 Å². The molecule has 0 saturated carbocycles. The maximum atomic E-state index is 9.70. The number of aromatic hydroxyl groups is 1. The average Bonchev–Trinajstić information content (AvgIpc) is 2.72. The number of phenolic OH excluding ortho intramolecular Hbond substituents is 1. The molecule has 1 aromatic carbocycles. The zero-order valence-electron chi connectivity index (χ0n) is 12.9. The second-order valence-corrected chi connectivity index (χ2v) is 5.85. The van der Waals surface area contributed by atoms with Crippen LogP contribution in [0.25, 0.3) is 0 Å². The lowest BCUT2D eigenvalue weighted by atomic mass is 9.98. The van der Waals surface area contributed by atoms with Crippen LogP contribution in [0, 0.1) is 5.92 Å². The van der Waals surface area contributed by atoms with Crippen LogP contribution in [-0.4, -0.2) is 30.2 Å². The molecule has 2 rings (SSSR count). The van der Waals surface area contributed by atoms with E-state index >= 15 is 0 Å². The molecule has 2 atom stereocenters. The third kappa shape index (κ3) is 3.45. The van der Waals surface area contributed by atoms with Gasteiger partial charge < -0.3 is 9.84 Å². The van der Waals surface area contributed by atoms with E-state index in [0.29, 0.717) is 11.8 Å². The molecule has 3 nitrogen and oxygen atoms in total. The molecule has 0 radical (unpaired) electrons. The van der Waals surface area contributed by atoms with Crippen molar-refractivity contribution in [2.45, 2.75) is 45.6 Å². The number of likely N-dealkylation sites (tertiary alicyclic amines) is 1. The normalized spacial score (nSPS) is 22.2. The highest BCUT2D eigenvalue weighted by Gasteiger charge is 2.21. The van der Waals surface area contributed by atoms with Gasteiger partial charge >= 0.3 is 0 Å². The van der Waals surface area contributed by atoms with Crippen molar-refractivity contribution in [1.29, 1.82) is 0 Å². The topological polar surface area (TPSA) is 32.7 Å². The van der Waals surface area contributed by atoms with Crippen LogP contribution in [0.15, 0.2) is 18.2 Å². The van der Waals surface area contributed by atoms with E-state index < -0.39 is 0 Å². The maximum Gasteiger partial charge on any atom is 0.160 e. The Bertz CT molecular complexity index is 433. The van der Waals surface area contributed by atoms with Gasteiger partial charge in [0.25, 0.3) is 0 Å². The first-order valence-corrected chi connectivity index (χ1v) is 7.76. The molecule has 3 heteroatoms. The molecule has 1 aromatic rings. The van der Waals surface area contributed by atoms with Crippen molar-refractivity contribution < 1.29 is 9.84 Å². The molecular formula is C17H27NO2. The van der Waals surface area contributed by atoms with Gasteiger partial charge in [-0.3, -0.25) is 4.90 Å². The van der Waals surface area contributed by atoms with Gasteiger partial charge in [-0.05, 0) is 62.9 Å². The van der Waals surface area contributed by atoms with Crippen LogP contribution in [0.2, 0.25) is 0 Å². The Kier molecular flexibility index (Phi) is 5.30. The molecule has 2 unspecified atom stereocenters. The summed E-state index contributed by atoms with van der Waals surface area (Å²) in [5.41, 5.74) is 1.22. The van der Waals surface area contributed by atoms with Crippen molar-refractivity contribution in [3.8, 4) is 11.5 Å². The first-order valence-electron chi connectivity index (χ1n) is 7.76. The second kappa shape index (κ2) is 6.98. The van der Waals surface area contributed by atoms with Crippen molar-refractivity contribution in [3.63, 3.8) is 0 Å². The van der Waals surface area contributed by atoms with E-state index in [2.05, 4.69) is 18.7 Å². The van der Waals surface area contributed by atoms with Gasteiger partial charge in [0.05, 0.1) is 7.11 Å². The highest BCUT2D eigenvalue weighted by molar-refractivity contribution is 5.42. The zero-order valence-corrected chi connectivity index (χ0v) is 12.9. The summed E-state index contributed by atoms with van der Waals surface area (Å²) >= 11 is 0. The van der Waals surface area contributed by atoms with E-state index in [4.69, 9.17) is 4.74 Å². The van der Waals surface area contributed by atoms with Crippen LogP contribution in [0.4, 0.5) is 0 Å². The minimum absolute atomic E-state index is 0.213. The Morgan fingerprint density at radius 2 is 2.15 bits per heavy atom. The third-order valence-corrected chi connectivity index (χ3v) is 4.69. The molecule has 1 saturated heterocycles. The van der Waals surface area contributed by atoms with Crippen molar-refractivity contribution in [2.75, 3.05) is 20.2 Å². The first-order chi connectivity index (χ1) is 9.65. The van der Waals surface area contributed by atoms with Crippen LogP contribution in [0.3, 0.4) is 0 Å². The van der Waals surface area contributed by atoms with Crippen molar-refractivity contribution in [1.82, 2.24) is 4.90 Å². The number of hydrogen-bond donors (Lipinski definition) is 1. The molecule has 0 bridgehead atoms. The monoisotopic (exact) mass is 277 g/mol. The summed E-state index contributed by atoms with van der Waals surface area (Å²) in [6, 6.07) is 6.07. The van der Waals surface area contributed by atoms with E-state index in [1.165, 1.54) is 44.3 Å². The van der Waals surface area contributed by atoms with E-state index in [1.54, 1.807) is 13.2 Å². The van der Waals surface area contributed by atoms with Gasteiger partial charge in [-0.25, -0.2) is 0 Å². The van der Waals surface area contributed by atoms with Crippen LogP contribution in [0.5, 0.6) is 11.5 Å². The van der Waals surface area contributed by atoms with Gasteiger partial charge in [-0.1, -0.05) is 19.4 Å². The Labute approximate surface area is 122 Å². The first kappa shape index (κ1) is 15.2. The van der Waals surface area contributed by atoms with Crippen LogP contribution in [-0.2, 0) is 0 Å². The van der Waals surface area contributed by atoms with E-state index in [-0.39, 0.29) is 5.75 Å². The molecule has 1 aliphatic heterocycles. The van der Waals surface area contributed by atoms with E-state index in [9.17, 15) is 5.11 Å². The predicted octanol–water partition coefficient (Wildman–Crippen LogP) is 3.97.